The molecule has 5 rings (SSSR count). The van der Waals surface area contributed by atoms with Gasteiger partial charge in [-0.25, -0.2) is 9.78 Å². The molecule has 0 atom stereocenters. The monoisotopic (exact) mass is 496 g/mol. The third-order valence-corrected chi connectivity index (χ3v) is 7.83. The summed E-state index contributed by atoms with van der Waals surface area (Å²) in [6.45, 7) is 0. The van der Waals surface area contributed by atoms with E-state index in [4.69, 9.17) is 5.11 Å². The van der Waals surface area contributed by atoms with Gasteiger partial charge in [0.2, 0.25) is 5.91 Å². The molecular weight excluding hydrogens is 468 g/mol. The molecule has 5 nitrogen and oxygen atoms in total. The van der Waals surface area contributed by atoms with Crippen LogP contribution in [0.1, 0.15) is 43.2 Å². The standard InChI is InChI=1S/C30H28N2O3S/c33-28(34)14-9-21-5-4-6-25(17-21)32-29(35)30(15-2-1-3-16-30)19-22-7-10-23(11-8-22)24-12-13-27-26(18-24)31-20-36-27/h4-14,17-18,20H,1-3,15-16,19H2,(H,32,35)(H,33,34)/b14-9+. The Morgan fingerprint density at radius 2 is 1.75 bits per heavy atom. The number of carboxylic acid groups (broad SMARTS) is 1. The molecule has 1 aliphatic rings. The topological polar surface area (TPSA) is 79.3 Å². The van der Waals surface area contributed by atoms with Crippen molar-refractivity contribution in [1.82, 2.24) is 4.98 Å². The molecule has 182 valence electrons. The highest BCUT2D eigenvalue weighted by Gasteiger charge is 2.39. The van der Waals surface area contributed by atoms with Crippen molar-refractivity contribution in [2.24, 2.45) is 5.41 Å². The Labute approximate surface area is 214 Å². The van der Waals surface area contributed by atoms with Crippen molar-refractivity contribution in [2.75, 3.05) is 5.32 Å². The molecule has 36 heavy (non-hydrogen) atoms. The summed E-state index contributed by atoms with van der Waals surface area (Å²) in [7, 11) is 0. The summed E-state index contributed by atoms with van der Waals surface area (Å²) in [5, 5.41) is 12.0. The third-order valence-electron chi connectivity index (χ3n) is 7.02. The largest absolute Gasteiger partial charge is 0.478 e. The van der Waals surface area contributed by atoms with Crippen LogP contribution in [-0.4, -0.2) is 22.0 Å². The molecule has 1 fully saturated rings. The van der Waals surface area contributed by atoms with Crippen LogP contribution in [-0.2, 0) is 16.0 Å². The fraction of sp³-hybridized carbons (Fsp3) is 0.233. The summed E-state index contributed by atoms with van der Waals surface area (Å²) in [4.78, 5) is 28.9. The van der Waals surface area contributed by atoms with E-state index in [-0.39, 0.29) is 5.91 Å². The molecule has 2 N–H and O–H groups in total. The number of anilines is 1. The fourth-order valence-electron chi connectivity index (χ4n) is 5.11. The number of nitrogens with zero attached hydrogens (tertiary/aromatic N) is 1. The van der Waals surface area contributed by atoms with Gasteiger partial charge in [0.25, 0.3) is 0 Å². The molecule has 0 spiro atoms. The Bertz CT molecular complexity index is 1420. The third kappa shape index (κ3) is 5.39. The number of benzene rings is 3. The van der Waals surface area contributed by atoms with Crippen LogP contribution in [0.4, 0.5) is 5.69 Å². The van der Waals surface area contributed by atoms with Gasteiger partial charge in [-0.3, -0.25) is 4.79 Å². The summed E-state index contributed by atoms with van der Waals surface area (Å²) >= 11 is 1.64. The maximum absolute atomic E-state index is 13.6. The molecule has 1 amide bonds. The molecule has 1 saturated carbocycles. The predicted molar refractivity (Wildman–Crippen MR) is 146 cm³/mol. The van der Waals surface area contributed by atoms with E-state index in [0.29, 0.717) is 12.1 Å². The van der Waals surface area contributed by atoms with Gasteiger partial charge in [0.15, 0.2) is 0 Å². The van der Waals surface area contributed by atoms with E-state index in [9.17, 15) is 9.59 Å². The molecule has 4 aromatic rings. The van der Waals surface area contributed by atoms with E-state index in [1.165, 1.54) is 10.8 Å². The highest BCUT2D eigenvalue weighted by atomic mass is 32.1. The van der Waals surface area contributed by atoms with Gasteiger partial charge in [-0.2, -0.15) is 0 Å². The molecule has 0 bridgehead atoms. The van der Waals surface area contributed by atoms with Gasteiger partial charge in [0.05, 0.1) is 21.1 Å². The van der Waals surface area contributed by atoms with Crippen LogP contribution in [0.25, 0.3) is 27.4 Å². The lowest BCUT2D eigenvalue weighted by molar-refractivity contribution is -0.131. The average Bonchev–Trinajstić information content (AvgIpc) is 3.37. The van der Waals surface area contributed by atoms with Gasteiger partial charge in [-0.05, 0) is 71.9 Å². The SMILES string of the molecule is O=C(O)/C=C/c1cccc(NC(=O)C2(Cc3ccc(-c4ccc5scnc5c4)cc3)CCCCC2)c1. The fourth-order valence-corrected chi connectivity index (χ4v) is 5.77. The van der Waals surface area contributed by atoms with Gasteiger partial charge >= 0.3 is 5.97 Å². The number of carbonyl (C=O) groups excluding carboxylic acids is 1. The number of carboxylic acids is 1. The number of fused-ring (bicyclic) bond motifs is 1. The first kappa shape index (κ1) is 23.9. The Kier molecular flexibility index (Phi) is 6.96. The molecular formula is C30H28N2O3S. The maximum atomic E-state index is 13.6. The van der Waals surface area contributed by atoms with Gasteiger partial charge in [-0.15, -0.1) is 11.3 Å². The summed E-state index contributed by atoms with van der Waals surface area (Å²) < 4.78 is 1.18. The summed E-state index contributed by atoms with van der Waals surface area (Å²) in [6.07, 6.45) is 8.29. The number of carbonyl (C=O) groups is 2. The van der Waals surface area contributed by atoms with Crippen LogP contribution < -0.4 is 5.32 Å². The summed E-state index contributed by atoms with van der Waals surface area (Å²) in [6, 6.07) is 22.2. The Morgan fingerprint density at radius 3 is 2.53 bits per heavy atom. The second-order valence-electron chi connectivity index (χ2n) is 9.50. The molecule has 0 radical (unpaired) electrons. The number of thiazole rings is 1. The zero-order valence-electron chi connectivity index (χ0n) is 19.9. The van der Waals surface area contributed by atoms with Crippen molar-refractivity contribution >= 4 is 45.2 Å². The van der Waals surface area contributed by atoms with Crippen molar-refractivity contribution in [2.45, 2.75) is 38.5 Å². The van der Waals surface area contributed by atoms with Crippen molar-refractivity contribution < 1.29 is 14.7 Å². The number of aromatic nitrogens is 1. The van der Waals surface area contributed by atoms with E-state index in [2.05, 4.69) is 52.8 Å². The van der Waals surface area contributed by atoms with Crippen LogP contribution in [0.2, 0.25) is 0 Å². The van der Waals surface area contributed by atoms with E-state index < -0.39 is 11.4 Å². The second-order valence-corrected chi connectivity index (χ2v) is 10.4. The van der Waals surface area contributed by atoms with Crippen LogP contribution in [0.3, 0.4) is 0 Å². The minimum absolute atomic E-state index is 0.0413. The van der Waals surface area contributed by atoms with E-state index in [1.54, 1.807) is 11.3 Å². The highest BCUT2D eigenvalue weighted by molar-refractivity contribution is 7.16. The Morgan fingerprint density at radius 1 is 0.972 bits per heavy atom. The van der Waals surface area contributed by atoms with Crippen LogP contribution in [0.5, 0.6) is 0 Å². The van der Waals surface area contributed by atoms with Crippen molar-refractivity contribution in [3.05, 3.63) is 89.4 Å². The van der Waals surface area contributed by atoms with Gasteiger partial charge < -0.3 is 10.4 Å². The van der Waals surface area contributed by atoms with Gasteiger partial charge in [0.1, 0.15) is 0 Å². The molecule has 3 aromatic carbocycles. The molecule has 1 heterocycles. The highest BCUT2D eigenvalue weighted by Crippen LogP contribution is 2.41. The molecule has 0 saturated heterocycles. The molecule has 1 aromatic heterocycles. The lowest BCUT2D eigenvalue weighted by Gasteiger charge is -2.36. The number of hydrogen-bond acceptors (Lipinski definition) is 4. The van der Waals surface area contributed by atoms with Crippen LogP contribution in [0.15, 0.2) is 78.3 Å². The average molecular weight is 497 g/mol. The first-order valence-corrected chi connectivity index (χ1v) is 13.1. The van der Waals surface area contributed by atoms with E-state index >= 15 is 0 Å². The summed E-state index contributed by atoms with van der Waals surface area (Å²) in [5.74, 6) is -0.958. The second kappa shape index (κ2) is 10.5. The minimum Gasteiger partial charge on any atom is -0.478 e. The van der Waals surface area contributed by atoms with Gasteiger partial charge in [0, 0.05) is 11.8 Å². The summed E-state index contributed by atoms with van der Waals surface area (Å²) in [5.41, 5.74) is 7.29. The number of aliphatic carboxylic acids is 1. The number of amides is 1. The zero-order chi connectivity index (χ0) is 25.0. The lowest BCUT2D eigenvalue weighted by atomic mass is 9.69. The smallest absolute Gasteiger partial charge is 0.328 e. The number of rotatable bonds is 7. The van der Waals surface area contributed by atoms with Crippen LogP contribution in [0, 0.1) is 5.41 Å². The van der Waals surface area contributed by atoms with Crippen molar-refractivity contribution in [3.63, 3.8) is 0 Å². The Hall–Kier alpha value is -3.77. The van der Waals surface area contributed by atoms with Crippen LogP contribution >= 0.6 is 11.3 Å². The molecule has 1 aliphatic carbocycles. The van der Waals surface area contributed by atoms with E-state index in [0.717, 1.165) is 66.0 Å². The molecule has 6 heteroatoms. The molecule has 0 aliphatic heterocycles. The quantitative estimate of drug-likeness (QED) is 0.265. The van der Waals surface area contributed by atoms with Crippen molar-refractivity contribution in [3.8, 4) is 11.1 Å². The number of nitrogens with one attached hydrogen (secondary N) is 1. The Balaban J connectivity index is 1.34. The minimum atomic E-state index is -1.000. The van der Waals surface area contributed by atoms with Gasteiger partial charge in [-0.1, -0.05) is 61.7 Å². The zero-order valence-corrected chi connectivity index (χ0v) is 20.8. The number of hydrogen-bond donors (Lipinski definition) is 2. The maximum Gasteiger partial charge on any atom is 0.328 e. The predicted octanol–water partition coefficient (Wildman–Crippen LogP) is 7.19. The first-order chi connectivity index (χ1) is 17.5. The molecule has 0 unspecified atom stereocenters. The lowest BCUT2D eigenvalue weighted by Crippen LogP contribution is -2.40. The van der Waals surface area contributed by atoms with E-state index in [1.807, 2.05) is 29.8 Å². The first-order valence-electron chi connectivity index (χ1n) is 12.3. The normalized spacial score (nSPS) is 15.2. The van der Waals surface area contributed by atoms with Crippen molar-refractivity contribution in [1.29, 1.82) is 0 Å².